The van der Waals surface area contributed by atoms with Gasteiger partial charge in [0, 0.05) is 16.7 Å². The van der Waals surface area contributed by atoms with E-state index in [9.17, 15) is 14.9 Å². The smallest absolute Gasteiger partial charge is 0.293 e. The van der Waals surface area contributed by atoms with Crippen LogP contribution < -0.4 is 5.32 Å². The lowest BCUT2D eigenvalue weighted by molar-refractivity contribution is -0.384. The van der Waals surface area contributed by atoms with Crippen LogP contribution in [0.1, 0.15) is 16.1 Å². The first-order valence-corrected chi connectivity index (χ1v) is 7.69. The molecule has 0 aliphatic rings. The molecule has 2 aromatic carbocycles. The first kappa shape index (κ1) is 16.7. The van der Waals surface area contributed by atoms with Gasteiger partial charge in [-0.3, -0.25) is 20.0 Å². The van der Waals surface area contributed by atoms with E-state index in [1.54, 1.807) is 43.3 Å². The van der Waals surface area contributed by atoms with Crippen LogP contribution in [0.4, 0.5) is 11.4 Å². The first-order chi connectivity index (χ1) is 11.9. The number of nitro groups is 1. The summed E-state index contributed by atoms with van der Waals surface area (Å²) in [5.41, 5.74) is 2.26. The van der Waals surface area contributed by atoms with Crippen LogP contribution in [0.5, 0.6) is 0 Å². The number of amides is 1. The number of anilines is 1. The Bertz CT molecular complexity index is 951. The third kappa shape index (κ3) is 3.67. The highest BCUT2D eigenvalue weighted by Crippen LogP contribution is 2.26. The highest BCUT2D eigenvalue weighted by Gasteiger charge is 2.18. The Labute approximate surface area is 147 Å². The van der Waals surface area contributed by atoms with Crippen molar-refractivity contribution >= 4 is 28.9 Å². The molecule has 1 aromatic heterocycles. The molecule has 7 nitrogen and oxygen atoms in total. The van der Waals surface area contributed by atoms with Gasteiger partial charge in [-0.05, 0) is 36.8 Å². The van der Waals surface area contributed by atoms with Crippen LogP contribution >= 0.6 is 11.6 Å². The van der Waals surface area contributed by atoms with E-state index in [0.29, 0.717) is 10.7 Å². The Morgan fingerprint density at radius 1 is 1.20 bits per heavy atom. The lowest BCUT2D eigenvalue weighted by Crippen LogP contribution is -2.13. The van der Waals surface area contributed by atoms with Gasteiger partial charge in [0.05, 0.1) is 10.6 Å². The number of halogens is 1. The Kier molecular flexibility index (Phi) is 4.49. The van der Waals surface area contributed by atoms with E-state index in [-0.39, 0.29) is 17.1 Å². The van der Waals surface area contributed by atoms with Gasteiger partial charge in [-0.2, -0.15) is 5.10 Å². The first-order valence-electron chi connectivity index (χ1n) is 7.32. The molecule has 0 spiro atoms. The molecule has 0 aliphatic carbocycles. The number of nitrogens with zero attached hydrogens (tertiary/aromatic N) is 2. The van der Waals surface area contributed by atoms with Crippen molar-refractivity contribution in [3.8, 4) is 11.3 Å². The van der Waals surface area contributed by atoms with Gasteiger partial charge in [0.25, 0.3) is 11.6 Å². The van der Waals surface area contributed by atoms with Crippen molar-refractivity contribution in [2.45, 2.75) is 6.92 Å². The number of aromatic nitrogens is 2. The predicted octanol–water partition coefficient (Wildman–Crippen LogP) is 4.20. The summed E-state index contributed by atoms with van der Waals surface area (Å²) in [6.07, 6.45) is 0. The zero-order valence-corrected chi connectivity index (χ0v) is 13.9. The highest BCUT2D eigenvalue weighted by atomic mass is 35.5. The molecule has 0 saturated carbocycles. The number of H-pyrrole nitrogens is 1. The Morgan fingerprint density at radius 3 is 2.60 bits per heavy atom. The van der Waals surface area contributed by atoms with E-state index in [4.69, 9.17) is 11.6 Å². The molecule has 3 rings (SSSR count). The van der Waals surface area contributed by atoms with Crippen LogP contribution in [0.3, 0.4) is 0 Å². The predicted molar refractivity (Wildman–Crippen MR) is 94.8 cm³/mol. The highest BCUT2D eigenvalue weighted by molar-refractivity contribution is 6.30. The zero-order valence-electron chi connectivity index (χ0n) is 13.1. The SMILES string of the molecule is Cc1ccc(NC(=O)c2cc(-c3ccc(Cl)cc3)n[nH]2)c([N+](=O)[O-])c1. The van der Waals surface area contributed by atoms with Crippen molar-refractivity contribution < 1.29 is 9.72 Å². The second-order valence-electron chi connectivity index (χ2n) is 5.41. The topological polar surface area (TPSA) is 101 Å². The van der Waals surface area contributed by atoms with E-state index in [1.807, 2.05) is 0 Å². The molecule has 25 heavy (non-hydrogen) atoms. The number of hydrogen-bond acceptors (Lipinski definition) is 4. The Hall–Kier alpha value is -3.19. The van der Waals surface area contributed by atoms with Crippen LogP contribution in [-0.4, -0.2) is 21.0 Å². The quantitative estimate of drug-likeness (QED) is 0.540. The maximum absolute atomic E-state index is 12.3. The van der Waals surface area contributed by atoms with Crippen molar-refractivity contribution in [2.75, 3.05) is 5.32 Å². The summed E-state index contributed by atoms with van der Waals surface area (Å²) in [5, 5.41) is 21.0. The van der Waals surface area contributed by atoms with Crippen LogP contribution in [0.2, 0.25) is 5.02 Å². The number of carbonyl (C=O) groups excluding carboxylic acids is 1. The zero-order chi connectivity index (χ0) is 18.0. The lowest BCUT2D eigenvalue weighted by Gasteiger charge is -2.05. The average Bonchev–Trinajstić information content (AvgIpc) is 3.07. The monoisotopic (exact) mass is 356 g/mol. The minimum atomic E-state index is -0.533. The van der Waals surface area contributed by atoms with Crippen LogP contribution in [0, 0.1) is 17.0 Å². The summed E-state index contributed by atoms with van der Waals surface area (Å²) >= 11 is 5.85. The van der Waals surface area contributed by atoms with Gasteiger partial charge in [0.15, 0.2) is 0 Å². The Balaban J connectivity index is 1.83. The van der Waals surface area contributed by atoms with Crippen LogP contribution in [-0.2, 0) is 0 Å². The molecule has 0 fully saturated rings. The Morgan fingerprint density at radius 2 is 1.92 bits per heavy atom. The number of rotatable bonds is 4. The molecule has 0 radical (unpaired) electrons. The molecule has 1 heterocycles. The van der Waals surface area contributed by atoms with Crippen molar-refractivity contribution in [1.82, 2.24) is 10.2 Å². The number of hydrogen-bond donors (Lipinski definition) is 2. The van der Waals surface area contributed by atoms with E-state index in [1.165, 1.54) is 12.1 Å². The van der Waals surface area contributed by atoms with Crippen LogP contribution in [0.15, 0.2) is 48.5 Å². The fraction of sp³-hybridized carbons (Fsp3) is 0.0588. The summed E-state index contributed by atoms with van der Waals surface area (Å²) < 4.78 is 0. The van der Waals surface area contributed by atoms with Gasteiger partial charge in [-0.1, -0.05) is 29.8 Å². The van der Waals surface area contributed by atoms with Crippen molar-refractivity contribution in [3.63, 3.8) is 0 Å². The molecule has 8 heteroatoms. The van der Waals surface area contributed by atoms with Gasteiger partial charge in [-0.15, -0.1) is 0 Å². The maximum atomic E-state index is 12.3. The fourth-order valence-electron chi connectivity index (χ4n) is 2.29. The second-order valence-corrected chi connectivity index (χ2v) is 5.84. The second kappa shape index (κ2) is 6.74. The summed E-state index contributed by atoms with van der Waals surface area (Å²) in [4.78, 5) is 22.9. The normalized spacial score (nSPS) is 10.5. The molecule has 0 saturated heterocycles. The molecule has 3 aromatic rings. The summed E-state index contributed by atoms with van der Waals surface area (Å²) in [5.74, 6) is -0.514. The van der Waals surface area contributed by atoms with Crippen LogP contribution in [0.25, 0.3) is 11.3 Å². The molecule has 0 unspecified atom stereocenters. The number of aryl methyl sites for hydroxylation is 1. The van der Waals surface area contributed by atoms with Gasteiger partial charge in [0.1, 0.15) is 11.4 Å². The number of benzene rings is 2. The maximum Gasteiger partial charge on any atom is 0.293 e. The van der Waals surface area contributed by atoms with Crippen molar-refractivity contribution in [1.29, 1.82) is 0 Å². The molecule has 0 bridgehead atoms. The summed E-state index contributed by atoms with van der Waals surface area (Å²) in [6.45, 7) is 1.74. The third-order valence-electron chi connectivity index (χ3n) is 3.56. The minimum Gasteiger partial charge on any atom is -0.315 e. The number of carbonyl (C=O) groups is 1. The minimum absolute atomic E-state index is 0.128. The number of nitrogens with one attached hydrogen (secondary N) is 2. The molecule has 0 atom stereocenters. The van der Waals surface area contributed by atoms with E-state index in [2.05, 4.69) is 15.5 Å². The fourth-order valence-corrected chi connectivity index (χ4v) is 2.42. The van der Waals surface area contributed by atoms with Gasteiger partial charge in [0.2, 0.25) is 0 Å². The molecule has 2 N–H and O–H groups in total. The van der Waals surface area contributed by atoms with Gasteiger partial charge in [-0.25, -0.2) is 0 Å². The molecule has 0 aliphatic heterocycles. The van der Waals surface area contributed by atoms with E-state index in [0.717, 1.165) is 11.1 Å². The van der Waals surface area contributed by atoms with Gasteiger partial charge >= 0.3 is 0 Å². The molecular formula is C17H13ClN4O3. The van der Waals surface area contributed by atoms with Crippen molar-refractivity contribution in [2.24, 2.45) is 0 Å². The van der Waals surface area contributed by atoms with Gasteiger partial charge < -0.3 is 5.32 Å². The summed E-state index contributed by atoms with van der Waals surface area (Å²) in [7, 11) is 0. The molecular weight excluding hydrogens is 344 g/mol. The standard InChI is InChI=1S/C17H13ClN4O3/c1-10-2-7-13(16(8-10)22(24)25)19-17(23)15-9-14(20-21-15)11-3-5-12(18)6-4-11/h2-9H,1H3,(H,19,23)(H,20,21). The third-order valence-corrected chi connectivity index (χ3v) is 3.81. The lowest BCUT2D eigenvalue weighted by atomic mass is 10.1. The van der Waals surface area contributed by atoms with Crippen molar-refractivity contribution in [3.05, 3.63) is 74.9 Å². The average molecular weight is 357 g/mol. The largest absolute Gasteiger partial charge is 0.315 e. The van der Waals surface area contributed by atoms with E-state index < -0.39 is 10.8 Å². The van der Waals surface area contributed by atoms with E-state index >= 15 is 0 Å². The number of aromatic amines is 1. The number of nitro benzene ring substituents is 1. The summed E-state index contributed by atoms with van der Waals surface area (Å²) in [6, 6.07) is 13.2. The molecule has 126 valence electrons. The molecule has 1 amide bonds.